The van der Waals surface area contributed by atoms with E-state index in [2.05, 4.69) is 44.7 Å². The van der Waals surface area contributed by atoms with Crippen LogP contribution in [0, 0.1) is 11.8 Å². The molecule has 4 heteroatoms. The van der Waals surface area contributed by atoms with Crippen LogP contribution in [0.3, 0.4) is 0 Å². The molecular formula is C29H46O3Sn. The SMILES string of the molecule is CCC#CCC/C(C(=O)OCC)=C(/[O][Sn]([CH2]CCC)([CH2]CCC)[CH2]CCC)c1ccccc1. The van der Waals surface area contributed by atoms with Gasteiger partial charge in [0.2, 0.25) is 0 Å². The Labute approximate surface area is 208 Å². The number of esters is 1. The van der Waals surface area contributed by atoms with Gasteiger partial charge in [0.05, 0.1) is 0 Å². The molecule has 0 spiro atoms. The minimum absolute atomic E-state index is 0.253. The van der Waals surface area contributed by atoms with Crippen LogP contribution in [0.1, 0.15) is 98.0 Å². The number of carbonyl (C=O) groups excluding carboxylic acids is 1. The maximum atomic E-state index is 13.2. The molecule has 1 aromatic rings. The van der Waals surface area contributed by atoms with Crippen molar-refractivity contribution < 1.29 is 12.6 Å². The predicted molar refractivity (Wildman–Crippen MR) is 143 cm³/mol. The summed E-state index contributed by atoms with van der Waals surface area (Å²) in [5, 5.41) is 0. The second-order valence-electron chi connectivity index (χ2n) is 8.70. The van der Waals surface area contributed by atoms with Crippen LogP contribution in [0.25, 0.3) is 5.76 Å². The van der Waals surface area contributed by atoms with Crippen LogP contribution in [-0.2, 0) is 12.6 Å². The normalized spacial score (nSPS) is 11.9. The zero-order valence-corrected chi connectivity index (χ0v) is 24.7. The van der Waals surface area contributed by atoms with Gasteiger partial charge in [0.25, 0.3) is 0 Å². The van der Waals surface area contributed by atoms with Crippen molar-refractivity contribution in [1.82, 2.24) is 0 Å². The third kappa shape index (κ3) is 11.0. The van der Waals surface area contributed by atoms with E-state index in [1.54, 1.807) is 0 Å². The van der Waals surface area contributed by atoms with Gasteiger partial charge in [-0.2, -0.15) is 0 Å². The topological polar surface area (TPSA) is 35.5 Å². The number of carbonyl (C=O) groups is 1. The summed E-state index contributed by atoms with van der Waals surface area (Å²) in [6, 6.07) is 10.2. The zero-order chi connectivity index (χ0) is 24.4. The Bertz CT molecular complexity index is 736. The van der Waals surface area contributed by atoms with E-state index < -0.39 is 18.8 Å². The summed E-state index contributed by atoms with van der Waals surface area (Å²) in [4.78, 5) is 13.2. The van der Waals surface area contributed by atoms with Crippen molar-refractivity contribution >= 4 is 30.5 Å². The van der Waals surface area contributed by atoms with Gasteiger partial charge in [0.15, 0.2) is 0 Å². The van der Waals surface area contributed by atoms with E-state index in [1.807, 2.05) is 32.0 Å². The summed E-state index contributed by atoms with van der Waals surface area (Å²) in [5.74, 6) is 6.87. The van der Waals surface area contributed by atoms with Gasteiger partial charge in [-0.3, -0.25) is 0 Å². The van der Waals surface area contributed by atoms with Gasteiger partial charge < -0.3 is 0 Å². The van der Waals surface area contributed by atoms with Crippen LogP contribution in [0.5, 0.6) is 0 Å². The molecule has 0 radical (unpaired) electrons. The minimum atomic E-state index is -3.03. The van der Waals surface area contributed by atoms with Crippen LogP contribution < -0.4 is 0 Å². The molecule has 0 aliphatic rings. The number of ether oxygens (including phenoxy) is 1. The van der Waals surface area contributed by atoms with Crippen molar-refractivity contribution in [1.29, 1.82) is 0 Å². The molecule has 0 atom stereocenters. The van der Waals surface area contributed by atoms with Crippen LogP contribution in [0.2, 0.25) is 13.3 Å². The predicted octanol–water partition coefficient (Wildman–Crippen LogP) is 8.52. The molecule has 0 aliphatic carbocycles. The Hall–Kier alpha value is -1.41. The van der Waals surface area contributed by atoms with Gasteiger partial charge in [-0.25, -0.2) is 0 Å². The van der Waals surface area contributed by atoms with Crippen molar-refractivity contribution in [2.45, 2.75) is 106 Å². The average Bonchev–Trinajstić information content (AvgIpc) is 2.84. The van der Waals surface area contributed by atoms with Gasteiger partial charge in [-0.15, -0.1) is 0 Å². The van der Waals surface area contributed by atoms with Crippen molar-refractivity contribution in [2.75, 3.05) is 6.61 Å². The van der Waals surface area contributed by atoms with E-state index in [0.29, 0.717) is 25.0 Å². The van der Waals surface area contributed by atoms with E-state index in [1.165, 1.54) is 51.8 Å². The third-order valence-corrected chi connectivity index (χ3v) is 18.6. The summed E-state index contributed by atoms with van der Waals surface area (Å²) < 4.78 is 16.4. The molecule has 1 rings (SSSR count). The number of benzene rings is 1. The summed E-state index contributed by atoms with van der Waals surface area (Å²) in [6.07, 6.45) is 9.21. The molecule has 0 aromatic heterocycles. The van der Waals surface area contributed by atoms with Crippen molar-refractivity contribution in [3.63, 3.8) is 0 Å². The second-order valence-corrected chi connectivity index (χ2v) is 20.3. The van der Waals surface area contributed by atoms with E-state index in [4.69, 9.17) is 7.81 Å². The molecule has 1 aromatic carbocycles. The van der Waals surface area contributed by atoms with Gasteiger partial charge in [0, 0.05) is 0 Å². The van der Waals surface area contributed by atoms with Crippen LogP contribution >= 0.6 is 0 Å². The fraction of sp³-hybridized carbons (Fsp3) is 0.621. The first-order chi connectivity index (χ1) is 16.1. The molecule has 0 amide bonds. The van der Waals surface area contributed by atoms with Crippen molar-refractivity contribution in [3.8, 4) is 11.8 Å². The standard InChI is InChI=1S/C17H20O3.3C4H9.Sn/c1-3-5-6-10-13-15(17(19)20-4-2)16(18)14-11-8-7-9-12-14;3*1-3-4-2;/h7-9,11-12,18H,3-4,10,13H2,1-2H3;3*1,3-4H2,2H3;/q;;;;+1/p-1/b16-15-;;;;. The molecule has 0 heterocycles. The Balaban J connectivity index is 3.59. The van der Waals surface area contributed by atoms with Gasteiger partial charge >= 0.3 is 209 Å². The molecule has 0 unspecified atom stereocenters. The first-order valence-corrected chi connectivity index (χ1v) is 20.4. The Morgan fingerprint density at radius 3 is 1.91 bits per heavy atom. The number of hydrogen-bond acceptors (Lipinski definition) is 3. The van der Waals surface area contributed by atoms with E-state index in [-0.39, 0.29) is 5.97 Å². The molecule has 0 aliphatic heterocycles. The van der Waals surface area contributed by atoms with Crippen LogP contribution in [0.4, 0.5) is 0 Å². The monoisotopic (exact) mass is 562 g/mol. The molecule has 0 saturated heterocycles. The molecule has 0 saturated carbocycles. The summed E-state index contributed by atoms with van der Waals surface area (Å²) in [5.41, 5.74) is 1.66. The summed E-state index contributed by atoms with van der Waals surface area (Å²) in [6.45, 7) is 11.1. The van der Waals surface area contributed by atoms with Crippen molar-refractivity contribution in [3.05, 3.63) is 41.5 Å². The zero-order valence-electron chi connectivity index (χ0n) is 21.8. The molecule has 0 bridgehead atoms. The molecular weight excluding hydrogens is 515 g/mol. The van der Waals surface area contributed by atoms with Gasteiger partial charge in [-0.05, 0) is 0 Å². The molecule has 184 valence electrons. The average molecular weight is 561 g/mol. The quantitative estimate of drug-likeness (QED) is 0.0668. The van der Waals surface area contributed by atoms with Gasteiger partial charge in [-0.1, -0.05) is 0 Å². The Morgan fingerprint density at radius 2 is 1.42 bits per heavy atom. The molecule has 0 fully saturated rings. The van der Waals surface area contributed by atoms with E-state index in [0.717, 1.165) is 17.7 Å². The first-order valence-electron chi connectivity index (χ1n) is 13.2. The Morgan fingerprint density at radius 1 is 0.848 bits per heavy atom. The van der Waals surface area contributed by atoms with Crippen molar-refractivity contribution in [2.24, 2.45) is 0 Å². The fourth-order valence-electron chi connectivity index (χ4n) is 4.05. The first kappa shape index (κ1) is 29.6. The summed E-state index contributed by atoms with van der Waals surface area (Å²) >= 11 is -3.03. The van der Waals surface area contributed by atoms with Gasteiger partial charge in [0.1, 0.15) is 0 Å². The van der Waals surface area contributed by atoms with Crippen LogP contribution in [-0.4, -0.2) is 31.4 Å². The molecule has 33 heavy (non-hydrogen) atoms. The maximum absolute atomic E-state index is 13.2. The number of unbranched alkanes of at least 4 members (excludes halogenated alkanes) is 3. The number of hydrogen-bond donors (Lipinski definition) is 0. The molecule has 0 N–H and O–H groups in total. The summed E-state index contributed by atoms with van der Waals surface area (Å²) in [7, 11) is 0. The number of rotatable bonds is 16. The fourth-order valence-corrected chi connectivity index (χ4v) is 17.5. The Kier molecular flexibility index (Phi) is 16.1. The third-order valence-electron chi connectivity index (χ3n) is 5.91. The van der Waals surface area contributed by atoms with Crippen LogP contribution in [0.15, 0.2) is 35.9 Å². The second kappa shape index (κ2) is 18.0. The van der Waals surface area contributed by atoms with E-state index >= 15 is 0 Å². The van der Waals surface area contributed by atoms with E-state index in [9.17, 15) is 4.79 Å². The molecule has 3 nitrogen and oxygen atoms in total.